The molecule has 1 aromatic carbocycles. The zero-order valence-electron chi connectivity index (χ0n) is 14.4. The Bertz CT molecular complexity index is 669. The van der Waals surface area contributed by atoms with Crippen molar-refractivity contribution in [1.29, 1.82) is 0 Å². The van der Waals surface area contributed by atoms with E-state index in [-0.39, 0.29) is 0 Å². The van der Waals surface area contributed by atoms with Gasteiger partial charge in [-0.3, -0.25) is 0 Å². The van der Waals surface area contributed by atoms with E-state index in [0.717, 1.165) is 13.1 Å². The van der Waals surface area contributed by atoms with Crippen LogP contribution in [0.2, 0.25) is 0 Å². The molecule has 1 aromatic heterocycles. The van der Waals surface area contributed by atoms with Crippen molar-refractivity contribution in [3.63, 3.8) is 0 Å². The van der Waals surface area contributed by atoms with Crippen LogP contribution in [0.1, 0.15) is 54.2 Å². The topological polar surface area (TPSA) is 21.1 Å². The number of anilines is 1. The number of hydrogen-bond acceptors (Lipinski definition) is 2. The summed E-state index contributed by atoms with van der Waals surface area (Å²) in [6.45, 7) is 7.86. The maximum atomic E-state index is 4.94. The second-order valence-corrected chi connectivity index (χ2v) is 7.26. The van der Waals surface area contributed by atoms with E-state index in [9.17, 15) is 0 Å². The average molecular weight is 309 g/mol. The zero-order chi connectivity index (χ0) is 15.8. The van der Waals surface area contributed by atoms with Gasteiger partial charge in [0.2, 0.25) is 0 Å². The number of rotatable bonds is 2. The fourth-order valence-corrected chi connectivity index (χ4v) is 3.99. The minimum Gasteiger partial charge on any atom is -0.371 e. The minimum atomic E-state index is 0.649. The Balaban J connectivity index is 1.44. The van der Waals surface area contributed by atoms with E-state index in [1.165, 1.54) is 67.0 Å². The molecule has 0 unspecified atom stereocenters. The summed E-state index contributed by atoms with van der Waals surface area (Å²) in [5.74, 6) is 1.97. The van der Waals surface area contributed by atoms with E-state index in [1.54, 1.807) is 0 Å². The number of benzene rings is 1. The van der Waals surface area contributed by atoms with E-state index in [4.69, 9.17) is 4.98 Å². The van der Waals surface area contributed by atoms with Gasteiger partial charge in [0.1, 0.15) is 5.82 Å². The number of imidazole rings is 1. The molecule has 1 saturated heterocycles. The highest BCUT2D eigenvalue weighted by Gasteiger charge is 2.24. The van der Waals surface area contributed by atoms with Crippen LogP contribution in [0.3, 0.4) is 0 Å². The minimum absolute atomic E-state index is 0.649. The molecule has 3 heteroatoms. The van der Waals surface area contributed by atoms with Crippen molar-refractivity contribution in [3.8, 4) is 0 Å². The van der Waals surface area contributed by atoms with Crippen molar-refractivity contribution in [2.24, 2.45) is 0 Å². The predicted molar refractivity (Wildman–Crippen MR) is 95.3 cm³/mol. The highest BCUT2D eigenvalue weighted by atomic mass is 15.1. The first-order valence-electron chi connectivity index (χ1n) is 9.09. The lowest BCUT2D eigenvalue weighted by Gasteiger charge is -2.33. The Morgan fingerprint density at radius 3 is 2.57 bits per heavy atom. The van der Waals surface area contributed by atoms with Crippen molar-refractivity contribution in [2.75, 3.05) is 18.0 Å². The van der Waals surface area contributed by atoms with Crippen LogP contribution >= 0.6 is 0 Å². The summed E-state index contributed by atoms with van der Waals surface area (Å²) >= 11 is 0. The van der Waals surface area contributed by atoms with E-state index in [1.807, 2.05) is 0 Å². The first-order valence-corrected chi connectivity index (χ1v) is 9.09. The maximum absolute atomic E-state index is 4.94. The van der Waals surface area contributed by atoms with Gasteiger partial charge in [-0.15, -0.1) is 0 Å². The third kappa shape index (κ3) is 2.89. The standard InChI is InChI=1S/C20H27N3/c1-15-6-7-18(13-16(15)2)22-11-8-17(9-12-22)19-14-23-10-4-3-5-20(23)21-19/h6-7,13-14,17H,3-5,8-12H2,1-2H3. The lowest BCUT2D eigenvalue weighted by Crippen LogP contribution is -2.33. The van der Waals surface area contributed by atoms with Crippen molar-refractivity contribution in [2.45, 2.75) is 58.4 Å². The normalized spacial score (nSPS) is 19.0. The predicted octanol–water partition coefficient (Wildman–Crippen LogP) is 4.22. The molecule has 23 heavy (non-hydrogen) atoms. The molecule has 0 saturated carbocycles. The van der Waals surface area contributed by atoms with Gasteiger partial charge in [-0.25, -0.2) is 4.98 Å². The van der Waals surface area contributed by atoms with Crippen molar-refractivity contribution < 1.29 is 0 Å². The largest absolute Gasteiger partial charge is 0.371 e. The number of aromatic nitrogens is 2. The molecular formula is C20H27N3. The van der Waals surface area contributed by atoms with Gasteiger partial charge in [-0.2, -0.15) is 0 Å². The van der Waals surface area contributed by atoms with E-state index in [2.05, 4.69) is 47.7 Å². The van der Waals surface area contributed by atoms with Crippen LogP contribution in [-0.2, 0) is 13.0 Å². The van der Waals surface area contributed by atoms with Gasteiger partial charge in [0, 0.05) is 43.9 Å². The summed E-state index contributed by atoms with van der Waals surface area (Å²) in [6, 6.07) is 6.86. The highest BCUT2D eigenvalue weighted by Crippen LogP contribution is 2.31. The summed E-state index contributed by atoms with van der Waals surface area (Å²) in [4.78, 5) is 7.48. The molecule has 0 bridgehead atoms. The summed E-state index contributed by atoms with van der Waals surface area (Å²) in [7, 11) is 0. The van der Waals surface area contributed by atoms with Crippen molar-refractivity contribution in [1.82, 2.24) is 9.55 Å². The van der Waals surface area contributed by atoms with E-state index < -0.39 is 0 Å². The molecule has 4 rings (SSSR count). The van der Waals surface area contributed by atoms with Gasteiger partial charge in [-0.1, -0.05) is 6.07 Å². The lowest BCUT2D eigenvalue weighted by atomic mass is 9.93. The van der Waals surface area contributed by atoms with Crippen LogP contribution in [0, 0.1) is 13.8 Å². The van der Waals surface area contributed by atoms with Gasteiger partial charge < -0.3 is 9.47 Å². The molecule has 3 nitrogen and oxygen atoms in total. The molecule has 0 radical (unpaired) electrons. The fraction of sp³-hybridized carbons (Fsp3) is 0.550. The molecule has 0 amide bonds. The third-order valence-electron chi connectivity index (χ3n) is 5.70. The molecule has 1 fully saturated rings. The van der Waals surface area contributed by atoms with Crippen LogP contribution in [0.4, 0.5) is 5.69 Å². The zero-order valence-corrected chi connectivity index (χ0v) is 14.4. The summed E-state index contributed by atoms with van der Waals surface area (Å²) in [5.41, 5.74) is 5.51. The number of aryl methyl sites for hydroxylation is 4. The Morgan fingerprint density at radius 1 is 1.00 bits per heavy atom. The first kappa shape index (κ1) is 14.8. The summed E-state index contributed by atoms with van der Waals surface area (Å²) in [6.07, 6.45) is 8.58. The van der Waals surface area contributed by atoms with Crippen LogP contribution < -0.4 is 4.90 Å². The third-order valence-corrected chi connectivity index (χ3v) is 5.70. The van der Waals surface area contributed by atoms with E-state index in [0.29, 0.717) is 5.92 Å². The van der Waals surface area contributed by atoms with Crippen molar-refractivity contribution in [3.05, 3.63) is 47.0 Å². The average Bonchev–Trinajstić information content (AvgIpc) is 3.02. The Labute approximate surface area is 139 Å². The molecule has 0 N–H and O–H groups in total. The second-order valence-electron chi connectivity index (χ2n) is 7.26. The van der Waals surface area contributed by atoms with Crippen LogP contribution in [0.25, 0.3) is 0 Å². The molecule has 0 atom stereocenters. The van der Waals surface area contributed by atoms with Crippen molar-refractivity contribution >= 4 is 5.69 Å². The van der Waals surface area contributed by atoms with Gasteiger partial charge in [0.05, 0.1) is 5.69 Å². The molecule has 0 spiro atoms. The summed E-state index contributed by atoms with van der Waals surface area (Å²) in [5, 5.41) is 0. The van der Waals surface area contributed by atoms with Gasteiger partial charge in [0.15, 0.2) is 0 Å². The first-order chi connectivity index (χ1) is 11.2. The number of piperidine rings is 1. The van der Waals surface area contributed by atoms with Gasteiger partial charge in [-0.05, 0) is 62.8 Å². The highest BCUT2D eigenvalue weighted by molar-refractivity contribution is 5.51. The van der Waals surface area contributed by atoms with Crippen LogP contribution in [0.5, 0.6) is 0 Å². The number of hydrogen-bond donors (Lipinski definition) is 0. The monoisotopic (exact) mass is 309 g/mol. The molecular weight excluding hydrogens is 282 g/mol. The molecule has 2 aliphatic heterocycles. The maximum Gasteiger partial charge on any atom is 0.108 e. The molecule has 122 valence electrons. The Morgan fingerprint density at radius 2 is 1.83 bits per heavy atom. The van der Waals surface area contributed by atoms with Gasteiger partial charge in [0.25, 0.3) is 0 Å². The molecule has 0 aliphatic carbocycles. The van der Waals surface area contributed by atoms with Crippen LogP contribution in [0.15, 0.2) is 24.4 Å². The quantitative estimate of drug-likeness (QED) is 0.828. The SMILES string of the molecule is Cc1ccc(N2CCC(c3cn4c(n3)CCCC4)CC2)cc1C. The molecule has 2 aliphatic rings. The molecule has 2 aromatic rings. The van der Waals surface area contributed by atoms with E-state index >= 15 is 0 Å². The second kappa shape index (κ2) is 6.03. The van der Waals surface area contributed by atoms with Crippen LogP contribution in [-0.4, -0.2) is 22.6 Å². The Hall–Kier alpha value is -1.77. The number of fused-ring (bicyclic) bond motifs is 1. The summed E-state index contributed by atoms with van der Waals surface area (Å²) < 4.78 is 2.40. The molecule has 3 heterocycles. The Kier molecular flexibility index (Phi) is 3.88. The smallest absolute Gasteiger partial charge is 0.108 e. The fourth-order valence-electron chi connectivity index (χ4n) is 3.99. The van der Waals surface area contributed by atoms with Gasteiger partial charge >= 0.3 is 0 Å². The lowest BCUT2D eigenvalue weighted by molar-refractivity contribution is 0.497. The number of nitrogens with zero attached hydrogens (tertiary/aromatic N) is 3.